The maximum absolute atomic E-state index is 13.4. The second-order valence-corrected chi connectivity index (χ2v) is 23.6. The molecular weight excluding hydrogens is 1010 g/mol. The summed E-state index contributed by atoms with van der Waals surface area (Å²) in [5.74, 6) is -1.23. The number of rotatable bonds is 58. The fourth-order valence-corrected chi connectivity index (χ4v) is 10.7. The number of hydrogen-bond donors (Lipinski definition) is 6. The third-order valence-corrected chi connectivity index (χ3v) is 16.0. The summed E-state index contributed by atoms with van der Waals surface area (Å²) in [4.78, 5) is 26.6. The molecule has 11 nitrogen and oxygen atoms in total. The average Bonchev–Trinajstić information content (AvgIpc) is 3.50. The van der Waals surface area contributed by atoms with E-state index in [1.54, 1.807) is 6.08 Å². The Balaban J connectivity index is 2.54. The molecule has 11 heteroatoms. The van der Waals surface area contributed by atoms with Crippen molar-refractivity contribution in [1.82, 2.24) is 5.32 Å². The number of aliphatic hydroxyl groups excluding tert-OH is 5. The molecule has 8 unspecified atom stereocenters. The third-order valence-electron chi connectivity index (χ3n) is 16.0. The smallest absolute Gasteiger partial charge is 0.306 e. The molecule has 472 valence electrons. The van der Waals surface area contributed by atoms with Crippen molar-refractivity contribution >= 4 is 11.9 Å². The van der Waals surface area contributed by atoms with Gasteiger partial charge in [0.15, 0.2) is 12.4 Å². The van der Waals surface area contributed by atoms with Crippen LogP contribution in [0.15, 0.2) is 60.8 Å². The van der Waals surface area contributed by atoms with Crippen molar-refractivity contribution < 1.29 is 49.3 Å². The number of unbranched alkanes of at least 4 members (excludes halogenated alkanes) is 39. The van der Waals surface area contributed by atoms with Crippen molar-refractivity contribution in [3.63, 3.8) is 0 Å². The predicted octanol–water partition coefficient (Wildman–Crippen LogP) is 17.0. The molecule has 8 atom stereocenters. The van der Waals surface area contributed by atoms with Crippen molar-refractivity contribution in [1.29, 1.82) is 0 Å². The van der Waals surface area contributed by atoms with Crippen LogP contribution in [-0.2, 0) is 23.8 Å². The molecule has 0 spiro atoms. The van der Waals surface area contributed by atoms with Crippen LogP contribution in [0.1, 0.15) is 310 Å². The van der Waals surface area contributed by atoms with Gasteiger partial charge in [0.2, 0.25) is 5.91 Å². The molecule has 0 aromatic heterocycles. The van der Waals surface area contributed by atoms with Crippen LogP contribution < -0.4 is 5.32 Å². The second kappa shape index (κ2) is 57.8. The van der Waals surface area contributed by atoms with Gasteiger partial charge in [-0.05, 0) is 44.9 Å². The Morgan fingerprint density at radius 3 is 1.33 bits per heavy atom. The summed E-state index contributed by atoms with van der Waals surface area (Å²) in [6.07, 6.45) is 62.9. The van der Waals surface area contributed by atoms with E-state index < -0.39 is 67.4 Å². The van der Waals surface area contributed by atoms with E-state index in [1.165, 1.54) is 205 Å². The standard InChI is InChI=1S/C70H127NO10/c1-4-7-10-13-16-19-22-25-26-27-28-29-30-31-32-33-34-35-36-37-38-40-43-46-49-52-55-58-65(75)81-68-67(77)66(76)64(59-72)80-70(68)79-60-61(62(73)56-53-50-47-44-42-39-23-20-17-14-11-8-5-2)71-69(78)63(74)57-54-51-48-45-41-24-21-18-15-12-9-6-3/h9,12,15,18,21,24,41,45,53,56,61-64,66-68,70,72-74,76-77H,4-8,10-11,13-14,16-17,19-20,22-23,25-40,42-44,46-52,54-55,57-60H2,1-3H3,(H,71,78)/b12-9+,18-15+,24-21-,45-41-,56-53+. The Hall–Kier alpha value is -2.64. The molecule has 0 bridgehead atoms. The van der Waals surface area contributed by atoms with Gasteiger partial charge < -0.3 is 45.1 Å². The molecular formula is C70H127NO10. The van der Waals surface area contributed by atoms with E-state index in [9.17, 15) is 35.1 Å². The lowest BCUT2D eigenvalue weighted by Crippen LogP contribution is -2.61. The van der Waals surface area contributed by atoms with Crippen molar-refractivity contribution in [2.75, 3.05) is 13.2 Å². The third kappa shape index (κ3) is 45.4. The Kier molecular flexibility index (Phi) is 54.5. The van der Waals surface area contributed by atoms with E-state index in [1.807, 2.05) is 48.6 Å². The van der Waals surface area contributed by atoms with E-state index in [4.69, 9.17) is 14.2 Å². The first-order valence-corrected chi connectivity index (χ1v) is 34.1. The van der Waals surface area contributed by atoms with Gasteiger partial charge >= 0.3 is 5.97 Å². The highest BCUT2D eigenvalue weighted by Gasteiger charge is 2.47. The molecule has 1 saturated heterocycles. The number of hydrogen-bond acceptors (Lipinski definition) is 10. The summed E-state index contributed by atoms with van der Waals surface area (Å²) in [5, 5.41) is 57.0. The number of ether oxygens (including phenoxy) is 3. The average molecular weight is 1140 g/mol. The first kappa shape index (κ1) is 76.4. The van der Waals surface area contributed by atoms with E-state index in [2.05, 4.69) is 32.2 Å². The molecule has 0 radical (unpaired) electrons. The summed E-state index contributed by atoms with van der Waals surface area (Å²) < 4.78 is 17.6. The molecule has 81 heavy (non-hydrogen) atoms. The Bertz CT molecular complexity index is 1550. The summed E-state index contributed by atoms with van der Waals surface area (Å²) in [7, 11) is 0. The lowest BCUT2D eigenvalue weighted by atomic mass is 9.99. The summed E-state index contributed by atoms with van der Waals surface area (Å²) in [6.45, 7) is 5.65. The zero-order valence-corrected chi connectivity index (χ0v) is 52.4. The zero-order chi connectivity index (χ0) is 58.9. The van der Waals surface area contributed by atoms with Crippen LogP contribution in [0.2, 0.25) is 0 Å². The van der Waals surface area contributed by atoms with Gasteiger partial charge in [-0.1, -0.05) is 319 Å². The van der Waals surface area contributed by atoms with Gasteiger partial charge in [0.25, 0.3) is 0 Å². The molecule has 1 amide bonds. The van der Waals surface area contributed by atoms with E-state index in [-0.39, 0.29) is 19.4 Å². The monoisotopic (exact) mass is 1140 g/mol. The topological polar surface area (TPSA) is 175 Å². The molecule has 1 rings (SSSR count). The minimum atomic E-state index is -1.62. The van der Waals surface area contributed by atoms with Crippen molar-refractivity contribution in [3.05, 3.63) is 60.8 Å². The van der Waals surface area contributed by atoms with Crippen LogP contribution >= 0.6 is 0 Å². The second-order valence-electron chi connectivity index (χ2n) is 23.6. The van der Waals surface area contributed by atoms with Gasteiger partial charge in [0.05, 0.1) is 25.4 Å². The molecule has 0 aliphatic carbocycles. The maximum atomic E-state index is 13.4. The normalized spacial score (nSPS) is 19.0. The van der Waals surface area contributed by atoms with Gasteiger partial charge in [0.1, 0.15) is 24.4 Å². The molecule has 1 fully saturated rings. The minimum Gasteiger partial charge on any atom is -0.454 e. The SMILES string of the molecule is CC/C=C/C=C/C=C\C=C/CCCCC(O)C(=O)NC(COC1OC(CO)C(O)C(O)C1OC(=O)CCCCCCCCCCCCCCCCCCCCCCCCCCCCC)C(O)/C=C/CCCCCCCCCCCCC. The van der Waals surface area contributed by atoms with Gasteiger partial charge in [-0.3, -0.25) is 9.59 Å². The largest absolute Gasteiger partial charge is 0.454 e. The van der Waals surface area contributed by atoms with Crippen molar-refractivity contribution in [2.45, 2.75) is 359 Å². The first-order chi connectivity index (χ1) is 39.7. The highest BCUT2D eigenvalue weighted by atomic mass is 16.7. The predicted molar refractivity (Wildman–Crippen MR) is 338 cm³/mol. The first-order valence-electron chi connectivity index (χ1n) is 34.1. The molecule has 1 aliphatic heterocycles. The number of esters is 1. The van der Waals surface area contributed by atoms with Crippen LogP contribution in [0.4, 0.5) is 0 Å². The van der Waals surface area contributed by atoms with Crippen molar-refractivity contribution in [3.8, 4) is 0 Å². The fraction of sp³-hybridized carbons (Fsp3) is 0.829. The summed E-state index contributed by atoms with van der Waals surface area (Å²) in [5.41, 5.74) is 0. The lowest BCUT2D eigenvalue weighted by Gasteiger charge is -2.41. The van der Waals surface area contributed by atoms with Crippen LogP contribution in [0.5, 0.6) is 0 Å². The Labute approximate surface area is 497 Å². The highest BCUT2D eigenvalue weighted by molar-refractivity contribution is 5.80. The molecule has 6 N–H and O–H groups in total. The van der Waals surface area contributed by atoms with Gasteiger partial charge in [-0.2, -0.15) is 0 Å². The van der Waals surface area contributed by atoms with Crippen LogP contribution in [0.25, 0.3) is 0 Å². The number of carbonyl (C=O) groups is 2. The van der Waals surface area contributed by atoms with Crippen molar-refractivity contribution in [2.24, 2.45) is 0 Å². The quantitative estimate of drug-likeness (QED) is 0.0149. The van der Waals surface area contributed by atoms with Gasteiger partial charge in [-0.15, -0.1) is 0 Å². The number of amides is 1. The molecule has 1 heterocycles. The van der Waals surface area contributed by atoms with Crippen LogP contribution in [0, 0.1) is 0 Å². The zero-order valence-electron chi connectivity index (χ0n) is 52.4. The number of allylic oxidation sites excluding steroid dienone is 9. The van der Waals surface area contributed by atoms with Gasteiger partial charge in [0, 0.05) is 6.42 Å². The van der Waals surface area contributed by atoms with Gasteiger partial charge in [-0.25, -0.2) is 0 Å². The summed E-state index contributed by atoms with van der Waals surface area (Å²) >= 11 is 0. The molecule has 1 aliphatic rings. The maximum Gasteiger partial charge on any atom is 0.306 e. The van der Waals surface area contributed by atoms with Crippen LogP contribution in [-0.4, -0.2) is 99.6 Å². The summed E-state index contributed by atoms with van der Waals surface area (Å²) in [6, 6.07) is -1.04. The number of carbonyl (C=O) groups excluding carboxylic acids is 2. The number of aliphatic hydroxyl groups is 5. The van der Waals surface area contributed by atoms with E-state index in [0.29, 0.717) is 12.8 Å². The van der Waals surface area contributed by atoms with E-state index >= 15 is 0 Å². The molecule has 0 aromatic rings. The molecule has 0 saturated carbocycles. The van der Waals surface area contributed by atoms with Crippen LogP contribution in [0.3, 0.4) is 0 Å². The van der Waals surface area contributed by atoms with E-state index in [0.717, 1.165) is 57.8 Å². The molecule has 0 aromatic carbocycles. The minimum absolute atomic E-state index is 0.121. The Morgan fingerprint density at radius 2 is 0.889 bits per heavy atom. The highest BCUT2D eigenvalue weighted by Crippen LogP contribution is 2.26. The Morgan fingerprint density at radius 1 is 0.494 bits per heavy atom. The number of nitrogens with one attached hydrogen (secondary N) is 1. The fourth-order valence-electron chi connectivity index (χ4n) is 10.7. The lowest BCUT2D eigenvalue weighted by molar-refractivity contribution is -0.305.